The maximum atomic E-state index is 13.1. The summed E-state index contributed by atoms with van der Waals surface area (Å²) in [4.78, 5) is 0.193. The zero-order valence-electron chi connectivity index (χ0n) is 13.4. The number of hydrogen-bond donors (Lipinski definition) is 0. The first kappa shape index (κ1) is 16.3. The van der Waals surface area contributed by atoms with E-state index < -0.39 is 21.8 Å². The highest BCUT2D eigenvalue weighted by Crippen LogP contribution is 2.37. The molecule has 0 aromatic heterocycles. The number of nitrogens with zero attached hydrogens (tertiary/aromatic N) is 1. The summed E-state index contributed by atoms with van der Waals surface area (Å²) in [5.74, 6) is 0.369. The minimum atomic E-state index is -3.69. The Balaban J connectivity index is 2.62. The van der Waals surface area contributed by atoms with Crippen molar-refractivity contribution >= 4 is 10.0 Å². The molecule has 6 heteroatoms. The van der Waals surface area contributed by atoms with Crippen molar-refractivity contribution in [1.82, 2.24) is 4.31 Å². The summed E-state index contributed by atoms with van der Waals surface area (Å²) in [6.45, 7) is 9.67. The van der Waals surface area contributed by atoms with Gasteiger partial charge in [0.05, 0.1) is 19.3 Å². The molecule has 118 valence electrons. The second-order valence-corrected chi connectivity index (χ2v) is 7.89. The summed E-state index contributed by atoms with van der Waals surface area (Å²) >= 11 is 0. The monoisotopic (exact) mass is 313 g/mol. The van der Waals surface area contributed by atoms with Crippen LogP contribution in [-0.4, -0.2) is 38.2 Å². The lowest BCUT2D eigenvalue weighted by atomic mass is 10.1. The Morgan fingerprint density at radius 3 is 2.33 bits per heavy atom. The van der Waals surface area contributed by atoms with Crippen LogP contribution in [0.25, 0.3) is 0 Å². The van der Waals surface area contributed by atoms with E-state index in [0.29, 0.717) is 12.4 Å². The molecule has 1 unspecified atom stereocenters. The van der Waals surface area contributed by atoms with E-state index in [1.807, 2.05) is 27.7 Å². The fraction of sp³-hybridized carbons (Fsp3) is 0.600. The van der Waals surface area contributed by atoms with Crippen molar-refractivity contribution in [3.8, 4) is 5.75 Å². The Morgan fingerprint density at radius 2 is 1.86 bits per heavy atom. The SMILES string of the molecule is COc1cc(C)c(C)cc1S(=O)(=O)N1C(C)OCC1(C)C. The second kappa shape index (κ2) is 5.26. The van der Waals surface area contributed by atoms with Gasteiger partial charge in [-0.3, -0.25) is 0 Å². The van der Waals surface area contributed by atoms with Gasteiger partial charge in [-0.25, -0.2) is 8.42 Å². The van der Waals surface area contributed by atoms with Crippen LogP contribution >= 0.6 is 0 Å². The highest BCUT2D eigenvalue weighted by Gasteiger charge is 2.47. The number of rotatable bonds is 3. The third-order valence-electron chi connectivity index (χ3n) is 3.92. The predicted octanol–water partition coefficient (Wildman–Crippen LogP) is 2.46. The molecule has 1 aliphatic heterocycles. The van der Waals surface area contributed by atoms with Crippen LogP contribution in [0, 0.1) is 13.8 Å². The summed E-state index contributed by atoms with van der Waals surface area (Å²) < 4.78 is 38.4. The zero-order chi connectivity index (χ0) is 16.0. The first-order valence-corrected chi connectivity index (χ1v) is 8.36. The summed E-state index contributed by atoms with van der Waals surface area (Å²) in [6, 6.07) is 3.43. The van der Waals surface area contributed by atoms with Gasteiger partial charge in [0, 0.05) is 0 Å². The molecule has 0 aliphatic carbocycles. The van der Waals surface area contributed by atoms with E-state index in [4.69, 9.17) is 9.47 Å². The molecule has 0 N–H and O–H groups in total. The first-order valence-electron chi connectivity index (χ1n) is 6.92. The van der Waals surface area contributed by atoms with E-state index in [9.17, 15) is 8.42 Å². The molecule has 1 aromatic rings. The number of benzene rings is 1. The fourth-order valence-electron chi connectivity index (χ4n) is 2.70. The molecule has 5 nitrogen and oxygen atoms in total. The van der Waals surface area contributed by atoms with Crippen LogP contribution in [0.2, 0.25) is 0 Å². The molecular formula is C15H23NO4S. The largest absolute Gasteiger partial charge is 0.495 e. The molecular weight excluding hydrogens is 290 g/mol. The van der Waals surface area contributed by atoms with Crippen LogP contribution in [0.15, 0.2) is 17.0 Å². The van der Waals surface area contributed by atoms with Crippen molar-refractivity contribution in [2.75, 3.05) is 13.7 Å². The van der Waals surface area contributed by atoms with Crippen LogP contribution in [-0.2, 0) is 14.8 Å². The summed E-state index contributed by atoms with van der Waals surface area (Å²) in [7, 11) is -2.21. The average molecular weight is 313 g/mol. The number of hydrogen-bond acceptors (Lipinski definition) is 4. The molecule has 0 radical (unpaired) electrons. The van der Waals surface area contributed by atoms with Crippen LogP contribution in [0.3, 0.4) is 0 Å². The van der Waals surface area contributed by atoms with Crippen molar-refractivity contribution in [3.05, 3.63) is 23.3 Å². The topological polar surface area (TPSA) is 55.8 Å². The maximum Gasteiger partial charge on any atom is 0.249 e. The second-order valence-electron chi connectivity index (χ2n) is 6.11. The van der Waals surface area contributed by atoms with E-state index in [1.54, 1.807) is 19.1 Å². The Hall–Kier alpha value is -1.11. The quantitative estimate of drug-likeness (QED) is 0.860. The molecule has 21 heavy (non-hydrogen) atoms. The summed E-state index contributed by atoms with van der Waals surface area (Å²) in [5.41, 5.74) is 1.33. The van der Waals surface area contributed by atoms with Gasteiger partial charge in [-0.05, 0) is 57.9 Å². The number of methoxy groups -OCH3 is 1. The molecule has 1 aliphatic rings. The van der Waals surface area contributed by atoms with Crippen LogP contribution in [0.5, 0.6) is 5.75 Å². The minimum Gasteiger partial charge on any atom is -0.495 e. The standard InChI is InChI=1S/C15H23NO4S/c1-10-7-13(19-6)14(8-11(10)2)21(17,18)16-12(3)20-9-15(16,4)5/h7-8,12H,9H2,1-6H3. The van der Waals surface area contributed by atoms with Gasteiger partial charge < -0.3 is 9.47 Å². The van der Waals surface area contributed by atoms with Gasteiger partial charge >= 0.3 is 0 Å². The van der Waals surface area contributed by atoms with Crippen molar-refractivity contribution in [2.24, 2.45) is 0 Å². The third kappa shape index (κ3) is 2.67. The summed E-state index contributed by atoms with van der Waals surface area (Å²) in [6.07, 6.45) is -0.490. The number of aryl methyl sites for hydroxylation is 2. The zero-order valence-corrected chi connectivity index (χ0v) is 14.2. The normalized spacial score (nSPS) is 22.5. The molecule has 2 rings (SSSR count). The molecule has 1 fully saturated rings. The molecule has 0 amide bonds. The predicted molar refractivity (Wildman–Crippen MR) is 81.0 cm³/mol. The average Bonchev–Trinajstić information content (AvgIpc) is 2.66. The molecule has 0 saturated carbocycles. The van der Waals surface area contributed by atoms with Crippen molar-refractivity contribution in [1.29, 1.82) is 0 Å². The van der Waals surface area contributed by atoms with Gasteiger partial charge in [0.1, 0.15) is 16.9 Å². The lowest BCUT2D eigenvalue weighted by molar-refractivity contribution is 0.0843. The van der Waals surface area contributed by atoms with Gasteiger partial charge in [0.15, 0.2) is 0 Å². The molecule has 1 heterocycles. The highest BCUT2D eigenvalue weighted by atomic mass is 32.2. The highest BCUT2D eigenvalue weighted by molar-refractivity contribution is 7.89. The molecule has 1 aromatic carbocycles. The molecule has 0 bridgehead atoms. The lowest BCUT2D eigenvalue weighted by Gasteiger charge is -2.31. The van der Waals surface area contributed by atoms with E-state index in [2.05, 4.69) is 0 Å². The molecule has 1 saturated heterocycles. The Bertz CT molecular complexity index is 652. The van der Waals surface area contributed by atoms with E-state index >= 15 is 0 Å². The first-order chi connectivity index (χ1) is 9.61. The van der Waals surface area contributed by atoms with Crippen molar-refractivity contribution < 1.29 is 17.9 Å². The number of ether oxygens (including phenoxy) is 2. The van der Waals surface area contributed by atoms with Gasteiger partial charge in [0.2, 0.25) is 10.0 Å². The van der Waals surface area contributed by atoms with Crippen molar-refractivity contribution in [3.63, 3.8) is 0 Å². The van der Waals surface area contributed by atoms with Gasteiger partial charge in [-0.2, -0.15) is 4.31 Å². The number of sulfonamides is 1. The molecule has 0 spiro atoms. The molecule has 1 atom stereocenters. The fourth-order valence-corrected chi connectivity index (χ4v) is 4.79. The van der Waals surface area contributed by atoms with Crippen LogP contribution in [0.1, 0.15) is 31.9 Å². The Labute approximate surface area is 126 Å². The summed E-state index contributed by atoms with van der Waals surface area (Å²) in [5, 5.41) is 0. The Kier molecular flexibility index (Phi) is 4.08. The van der Waals surface area contributed by atoms with Crippen LogP contribution in [0.4, 0.5) is 0 Å². The van der Waals surface area contributed by atoms with E-state index in [1.165, 1.54) is 11.4 Å². The van der Waals surface area contributed by atoms with Crippen LogP contribution < -0.4 is 4.74 Å². The van der Waals surface area contributed by atoms with Gasteiger partial charge in [0.25, 0.3) is 0 Å². The van der Waals surface area contributed by atoms with Gasteiger partial charge in [-0.1, -0.05) is 0 Å². The van der Waals surface area contributed by atoms with E-state index in [0.717, 1.165) is 11.1 Å². The Morgan fingerprint density at radius 1 is 1.29 bits per heavy atom. The van der Waals surface area contributed by atoms with Gasteiger partial charge in [-0.15, -0.1) is 0 Å². The van der Waals surface area contributed by atoms with E-state index in [-0.39, 0.29) is 4.90 Å². The third-order valence-corrected chi connectivity index (χ3v) is 6.11. The smallest absolute Gasteiger partial charge is 0.249 e. The lowest BCUT2D eigenvalue weighted by Crippen LogP contribution is -2.47. The maximum absolute atomic E-state index is 13.1. The minimum absolute atomic E-state index is 0.193. The van der Waals surface area contributed by atoms with Crippen molar-refractivity contribution in [2.45, 2.75) is 51.3 Å².